The first-order valence-corrected chi connectivity index (χ1v) is 6.60. The monoisotopic (exact) mass is 291 g/mol. The number of hydrogen-bond donors (Lipinski definition) is 2. The lowest BCUT2D eigenvalue weighted by atomic mass is 10.0. The molecule has 0 heterocycles. The summed E-state index contributed by atoms with van der Waals surface area (Å²) < 4.78 is 5.23. The van der Waals surface area contributed by atoms with E-state index in [1.165, 1.54) is 6.08 Å². The largest absolute Gasteiger partial charge is 0.496 e. The molecule has 0 aliphatic rings. The molecule has 0 fully saturated rings. The molecule has 0 saturated carbocycles. The number of carbonyl (C=O) groups is 2. The fourth-order valence-electron chi connectivity index (χ4n) is 1.95. The van der Waals surface area contributed by atoms with E-state index in [-0.39, 0.29) is 12.3 Å². The quantitative estimate of drug-likeness (QED) is 0.789. The summed E-state index contributed by atoms with van der Waals surface area (Å²) in [5, 5.41) is 11.4. The number of aryl methyl sites for hydroxylation is 1. The van der Waals surface area contributed by atoms with Gasteiger partial charge in [-0.25, -0.2) is 0 Å². The third-order valence-electron chi connectivity index (χ3n) is 2.85. The topological polar surface area (TPSA) is 75.6 Å². The van der Waals surface area contributed by atoms with Crippen molar-refractivity contribution in [2.75, 3.05) is 7.11 Å². The predicted molar refractivity (Wildman–Crippen MR) is 81.2 cm³/mol. The second-order valence-electron chi connectivity index (χ2n) is 5.52. The lowest BCUT2D eigenvalue weighted by Gasteiger charge is -2.23. The summed E-state index contributed by atoms with van der Waals surface area (Å²) in [7, 11) is 1.57. The summed E-state index contributed by atoms with van der Waals surface area (Å²) in [6.07, 6.45) is 2.89. The van der Waals surface area contributed by atoms with Crippen LogP contribution in [0.15, 0.2) is 24.3 Å². The van der Waals surface area contributed by atoms with Crippen molar-refractivity contribution in [2.24, 2.45) is 0 Å². The highest BCUT2D eigenvalue weighted by atomic mass is 16.5. The van der Waals surface area contributed by atoms with E-state index in [1.54, 1.807) is 27.0 Å². The summed E-state index contributed by atoms with van der Waals surface area (Å²) >= 11 is 0. The minimum atomic E-state index is -0.954. The van der Waals surface area contributed by atoms with Crippen LogP contribution in [0.25, 0.3) is 6.08 Å². The summed E-state index contributed by atoms with van der Waals surface area (Å²) in [6, 6.07) is 5.67. The number of carboxylic acids is 1. The van der Waals surface area contributed by atoms with Crippen molar-refractivity contribution >= 4 is 18.0 Å². The van der Waals surface area contributed by atoms with Crippen molar-refractivity contribution < 1.29 is 19.4 Å². The van der Waals surface area contributed by atoms with Gasteiger partial charge < -0.3 is 15.2 Å². The van der Waals surface area contributed by atoms with Crippen LogP contribution in [0.1, 0.15) is 31.4 Å². The Kier molecular flexibility index (Phi) is 5.52. The molecule has 2 N–H and O–H groups in total. The van der Waals surface area contributed by atoms with E-state index >= 15 is 0 Å². The zero-order valence-electron chi connectivity index (χ0n) is 12.8. The molecule has 0 unspecified atom stereocenters. The summed E-state index contributed by atoms with van der Waals surface area (Å²) in [4.78, 5) is 22.6. The first-order chi connectivity index (χ1) is 9.73. The number of ether oxygens (including phenoxy) is 1. The number of carboxylic acid groups (broad SMARTS) is 1. The lowest BCUT2D eigenvalue weighted by molar-refractivity contribution is -0.138. The Bertz CT molecular complexity index is 561. The number of rotatable bonds is 6. The van der Waals surface area contributed by atoms with Crippen LogP contribution in [0.4, 0.5) is 0 Å². The lowest BCUT2D eigenvalue weighted by Crippen LogP contribution is -2.44. The van der Waals surface area contributed by atoms with Crippen LogP contribution in [0.5, 0.6) is 5.75 Å². The molecule has 0 aliphatic heterocycles. The number of benzene rings is 1. The minimum absolute atomic E-state index is 0.139. The average molecular weight is 291 g/mol. The van der Waals surface area contributed by atoms with Gasteiger partial charge in [0.05, 0.1) is 13.5 Å². The molecule has 1 amide bonds. The van der Waals surface area contributed by atoms with Crippen LogP contribution >= 0.6 is 0 Å². The molecule has 1 rings (SSSR count). The number of carbonyl (C=O) groups excluding carboxylic acids is 1. The highest BCUT2D eigenvalue weighted by molar-refractivity contribution is 5.92. The van der Waals surface area contributed by atoms with Gasteiger partial charge in [-0.2, -0.15) is 0 Å². The van der Waals surface area contributed by atoms with E-state index in [1.807, 2.05) is 25.1 Å². The van der Waals surface area contributed by atoms with E-state index in [0.29, 0.717) is 5.75 Å². The molecular weight excluding hydrogens is 270 g/mol. The maximum absolute atomic E-state index is 11.9. The number of methoxy groups -OCH3 is 1. The minimum Gasteiger partial charge on any atom is -0.496 e. The molecule has 0 spiro atoms. The molecule has 0 saturated heterocycles. The zero-order chi connectivity index (χ0) is 16.0. The molecule has 1 aromatic rings. The Hall–Kier alpha value is -2.30. The number of nitrogens with one attached hydrogen (secondary N) is 1. The Morgan fingerprint density at radius 1 is 1.38 bits per heavy atom. The molecule has 21 heavy (non-hydrogen) atoms. The summed E-state index contributed by atoms with van der Waals surface area (Å²) in [5.74, 6) is -0.621. The van der Waals surface area contributed by atoms with E-state index in [0.717, 1.165) is 11.1 Å². The van der Waals surface area contributed by atoms with Crippen LogP contribution in [0, 0.1) is 6.92 Å². The fraction of sp³-hybridized carbons (Fsp3) is 0.375. The van der Waals surface area contributed by atoms with E-state index < -0.39 is 11.5 Å². The van der Waals surface area contributed by atoms with Gasteiger partial charge in [0.15, 0.2) is 0 Å². The van der Waals surface area contributed by atoms with Crippen molar-refractivity contribution in [3.05, 3.63) is 35.4 Å². The van der Waals surface area contributed by atoms with E-state index in [9.17, 15) is 9.59 Å². The Morgan fingerprint density at radius 2 is 2.05 bits per heavy atom. The van der Waals surface area contributed by atoms with Gasteiger partial charge >= 0.3 is 5.97 Å². The molecule has 0 aromatic heterocycles. The fourth-order valence-corrected chi connectivity index (χ4v) is 1.95. The molecule has 114 valence electrons. The second-order valence-corrected chi connectivity index (χ2v) is 5.52. The van der Waals surface area contributed by atoms with Crippen molar-refractivity contribution in [3.8, 4) is 5.75 Å². The third-order valence-corrected chi connectivity index (χ3v) is 2.85. The third kappa shape index (κ3) is 5.69. The molecule has 5 nitrogen and oxygen atoms in total. The van der Waals surface area contributed by atoms with E-state index in [4.69, 9.17) is 9.84 Å². The first kappa shape index (κ1) is 16.8. The van der Waals surface area contributed by atoms with Crippen LogP contribution in [-0.4, -0.2) is 29.6 Å². The SMILES string of the molecule is COc1ccc(C)cc1C=CC(=O)NC(C)(C)CC(=O)O. The predicted octanol–water partition coefficient (Wildman–Crippen LogP) is 2.39. The van der Waals surface area contributed by atoms with Gasteiger partial charge in [0.25, 0.3) is 0 Å². The Morgan fingerprint density at radius 3 is 2.62 bits per heavy atom. The standard InChI is InChI=1S/C16H21NO4/c1-11-5-7-13(21-4)12(9-11)6-8-14(18)17-16(2,3)10-15(19)20/h5-9H,10H2,1-4H3,(H,17,18)(H,19,20). The van der Waals surface area contributed by atoms with Gasteiger partial charge in [0.2, 0.25) is 5.91 Å². The molecular formula is C16H21NO4. The maximum atomic E-state index is 11.9. The van der Waals surface area contributed by atoms with Crippen LogP contribution in [0.2, 0.25) is 0 Å². The smallest absolute Gasteiger partial charge is 0.305 e. The van der Waals surface area contributed by atoms with Crippen molar-refractivity contribution in [1.29, 1.82) is 0 Å². The van der Waals surface area contributed by atoms with Gasteiger partial charge in [-0.3, -0.25) is 9.59 Å². The Balaban J connectivity index is 2.79. The number of amides is 1. The van der Waals surface area contributed by atoms with Crippen LogP contribution in [0.3, 0.4) is 0 Å². The van der Waals surface area contributed by atoms with Gasteiger partial charge in [0, 0.05) is 17.2 Å². The van der Waals surface area contributed by atoms with Crippen LogP contribution < -0.4 is 10.1 Å². The van der Waals surface area contributed by atoms with Crippen LogP contribution in [-0.2, 0) is 9.59 Å². The van der Waals surface area contributed by atoms with Crippen molar-refractivity contribution in [2.45, 2.75) is 32.7 Å². The van der Waals surface area contributed by atoms with E-state index in [2.05, 4.69) is 5.32 Å². The molecule has 0 atom stereocenters. The van der Waals surface area contributed by atoms with Gasteiger partial charge in [-0.15, -0.1) is 0 Å². The Labute approximate surface area is 124 Å². The molecule has 5 heteroatoms. The average Bonchev–Trinajstić information content (AvgIpc) is 2.34. The van der Waals surface area contributed by atoms with Crippen molar-refractivity contribution in [1.82, 2.24) is 5.32 Å². The first-order valence-electron chi connectivity index (χ1n) is 6.60. The highest BCUT2D eigenvalue weighted by Crippen LogP contribution is 2.21. The van der Waals surface area contributed by atoms with Crippen molar-refractivity contribution in [3.63, 3.8) is 0 Å². The number of hydrogen-bond acceptors (Lipinski definition) is 3. The molecule has 0 bridgehead atoms. The van der Waals surface area contributed by atoms with Gasteiger partial charge in [0.1, 0.15) is 5.75 Å². The van der Waals surface area contributed by atoms with Gasteiger partial charge in [-0.05, 0) is 39.0 Å². The van der Waals surface area contributed by atoms with Gasteiger partial charge in [-0.1, -0.05) is 11.6 Å². The molecule has 0 aliphatic carbocycles. The normalized spacial score (nSPS) is 11.4. The maximum Gasteiger partial charge on any atom is 0.305 e. The number of aliphatic carboxylic acids is 1. The summed E-state index contributed by atoms with van der Waals surface area (Å²) in [6.45, 7) is 5.28. The highest BCUT2D eigenvalue weighted by Gasteiger charge is 2.22. The molecule has 0 radical (unpaired) electrons. The second kappa shape index (κ2) is 6.92. The molecule has 1 aromatic carbocycles. The zero-order valence-corrected chi connectivity index (χ0v) is 12.8. The summed E-state index contributed by atoms with van der Waals surface area (Å²) in [5.41, 5.74) is 1.05.